The fraction of sp³-hybridized carbons (Fsp3) is 0.929. The highest BCUT2D eigenvalue weighted by Crippen LogP contribution is 2.67. The first-order valence-corrected chi connectivity index (χ1v) is 12.8. The van der Waals surface area contributed by atoms with Crippen molar-refractivity contribution in [3.8, 4) is 0 Å². The second-order valence-corrected chi connectivity index (χ2v) is 12.3. The number of allylic oxidation sites excluding steroid dienone is 1. The highest BCUT2D eigenvalue weighted by Gasteiger charge is 2.59. The molecular formula is C28H48O. The molecule has 0 aromatic rings. The van der Waals surface area contributed by atoms with Gasteiger partial charge in [0.1, 0.15) is 0 Å². The van der Waals surface area contributed by atoms with Gasteiger partial charge in [0.25, 0.3) is 0 Å². The first-order valence-electron chi connectivity index (χ1n) is 14.3. The minimum Gasteiger partial charge on any atom is -0.393 e. The van der Waals surface area contributed by atoms with Crippen LogP contribution in [0.5, 0.6) is 0 Å². The molecule has 0 bridgehead atoms. The van der Waals surface area contributed by atoms with Gasteiger partial charge in [-0.15, -0.1) is 0 Å². The van der Waals surface area contributed by atoms with E-state index in [1.54, 1.807) is 5.57 Å². The molecule has 0 aromatic heterocycles. The molecular weight excluding hydrogens is 352 g/mol. The van der Waals surface area contributed by atoms with E-state index in [1.165, 1.54) is 32.1 Å². The quantitative estimate of drug-likeness (QED) is 0.468. The Kier molecular flexibility index (Phi) is 5.04. The van der Waals surface area contributed by atoms with Gasteiger partial charge >= 0.3 is 0 Å². The Morgan fingerprint density at radius 1 is 1.07 bits per heavy atom. The summed E-state index contributed by atoms with van der Waals surface area (Å²) in [6.07, 6.45) is 13.9. The van der Waals surface area contributed by atoms with E-state index in [4.69, 9.17) is 4.11 Å². The van der Waals surface area contributed by atoms with E-state index in [2.05, 4.69) is 40.7 Å². The largest absolute Gasteiger partial charge is 0.393 e. The fourth-order valence-electron chi connectivity index (χ4n) is 8.59. The summed E-state index contributed by atoms with van der Waals surface area (Å²) in [7, 11) is 0. The standard InChI is InChI=1S/C28H48O/c1-18(2)19(3)7-8-20(4)24-11-12-25-23-10-9-21-17-22(29)13-15-27(21,5)26(23)14-16-28(24,25)6/h9,18-20,22-26,29H,7-8,10-17H2,1-6H3/t19-,20+,22-,23-,24+,25?,26?,27-,28+/m0/s1/i3D3. The zero-order chi connectivity index (χ0) is 23.5. The molecule has 0 saturated heterocycles. The van der Waals surface area contributed by atoms with E-state index in [0.717, 1.165) is 55.8 Å². The molecule has 9 atom stereocenters. The SMILES string of the molecule is [2H]C([2H])([2H])[C@@H](CC[C@@H](C)[C@H]1CCC2[C@@H]3CC=C4C[C@@H](O)CC[C@]4(C)C3CC[C@@]21C)C(C)C. The molecule has 0 spiro atoms. The molecule has 4 aliphatic rings. The maximum atomic E-state index is 10.2. The van der Waals surface area contributed by atoms with E-state index in [1.807, 2.05) is 0 Å². The highest BCUT2D eigenvalue weighted by molar-refractivity contribution is 5.25. The molecule has 4 aliphatic carbocycles. The summed E-state index contributed by atoms with van der Waals surface area (Å²) in [4.78, 5) is 0. The molecule has 1 heteroatoms. The zero-order valence-corrected chi connectivity index (χ0v) is 19.7. The number of aliphatic hydroxyl groups is 1. The minimum atomic E-state index is -1.83. The lowest BCUT2D eigenvalue weighted by molar-refractivity contribution is -0.0574. The maximum absolute atomic E-state index is 10.2. The van der Waals surface area contributed by atoms with E-state index >= 15 is 0 Å². The lowest BCUT2D eigenvalue weighted by atomic mass is 9.47. The zero-order valence-electron chi connectivity index (χ0n) is 22.7. The van der Waals surface area contributed by atoms with Crippen LogP contribution in [0.1, 0.15) is 110 Å². The summed E-state index contributed by atoms with van der Waals surface area (Å²) in [6, 6.07) is 0. The van der Waals surface area contributed by atoms with Crippen molar-refractivity contribution in [3.63, 3.8) is 0 Å². The van der Waals surface area contributed by atoms with E-state index in [0.29, 0.717) is 16.7 Å². The first-order chi connectivity index (χ1) is 14.9. The summed E-state index contributed by atoms with van der Waals surface area (Å²) < 4.78 is 23.9. The Morgan fingerprint density at radius 2 is 1.86 bits per heavy atom. The number of hydrogen-bond donors (Lipinski definition) is 1. The van der Waals surface area contributed by atoms with Crippen LogP contribution in [0.15, 0.2) is 11.6 Å². The van der Waals surface area contributed by atoms with Crippen LogP contribution in [-0.2, 0) is 0 Å². The number of fused-ring (bicyclic) bond motifs is 5. The van der Waals surface area contributed by atoms with Gasteiger partial charge in [0.15, 0.2) is 0 Å². The van der Waals surface area contributed by atoms with Crippen LogP contribution < -0.4 is 0 Å². The van der Waals surface area contributed by atoms with Gasteiger partial charge < -0.3 is 5.11 Å². The van der Waals surface area contributed by atoms with Crippen molar-refractivity contribution >= 4 is 0 Å². The Labute approximate surface area is 185 Å². The van der Waals surface area contributed by atoms with E-state index < -0.39 is 6.85 Å². The molecule has 0 amide bonds. The maximum Gasteiger partial charge on any atom is 0.0577 e. The monoisotopic (exact) mass is 403 g/mol. The molecule has 3 fully saturated rings. The van der Waals surface area contributed by atoms with Crippen molar-refractivity contribution in [2.45, 2.75) is 112 Å². The van der Waals surface area contributed by atoms with Crippen LogP contribution in [0.25, 0.3) is 0 Å². The molecule has 0 aromatic carbocycles. The average molecular weight is 404 g/mol. The Bertz CT molecular complexity index is 712. The molecule has 0 radical (unpaired) electrons. The number of rotatable bonds is 5. The van der Waals surface area contributed by atoms with Crippen LogP contribution in [-0.4, -0.2) is 11.2 Å². The van der Waals surface area contributed by atoms with Gasteiger partial charge in [-0.2, -0.15) is 0 Å². The summed E-state index contributed by atoms with van der Waals surface area (Å²) in [5, 5.41) is 10.2. The Hall–Kier alpha value is -0.300. The molecule has 1 N–H and O–H groups in total. The lowest BCUT2D eigenvalue weighted by Gasteiger charge is -2.58. The van der Waals surface area contributed by atoms with Gasteiger partial charge in [-0.25, -0.2) is 0 Å². The number of hydrogen-bond acceptors (Lipinski definition) is 1. The highest BCUT2D eigenvalue weighted by atomic mass is 16.3. The second kappa shape index (κ2) is 7.99. The first kappa shape index (κ1) is 18.3. The van der Waals surface area contributed by atoms with Crippen molar-refractivity contribution < 1.29 is 9.22 Å². The molecule has 29 heavy (non-hydrogen) atoms. The van der Waals surface area contributed by atoms with Crippen molar-refractivity contribution in [1.29, 1.82) is 0 Å². The van der Waals surface area contributed by atoms with E-state index in [9.17, 15) is 5.11 Å². The predicted octanol–water partition coefficient (Wildman–Crippen LogP) is 7.63. The van der Waals surface area contributed by atoms with Gasteiger partial charge in [-0.05, 0) is 104 Å². The summed E-state index contributed by atoms with van der Waals surface area (Å²) in [5.74, 6) is 3.82. The third-order valence-corrected chi connectivity index (χ3v) is 10.6. The number of aliphatic hydroxyl groups excluding tert-OH is 1. The fourth-order valence-corrected chi connectivity index (χ4v) is 8.59. The van der Waals surface area contributed by atoms with Gasteiger partial charge in [0, 0.05) is 4.11 Å². The van der Waals surface area contributed by atoms with E-state index in [-0.39, 0.29) is 17.9 Å². The molecule has 0 aliphatic heterocycles. The van der Waals surface area contributed by atoms with Crippen LogP contribution in [0, 0.1) is 52.3 Å². The van der Waals surface area contributed by atoms with Crippen LogP contribution in [0.4, 0.5) is 0 Å². The molecule has 2 unspecified atom stereocenters. The van der Waals surface area contributed by atoms with Crippen molar-refractivity contribution in [1.82, 2.24) is 0 Å². The normalized spacial score (nSPS) is 48.4. The van der Waals surface area contributed by atoms with Crippen molar-refractivity contribution in [2.24, 2.45) is 52.3 Å². The Balaban J connectivity index is 1.47. The smallest absolute Gasteiger partial charge is 0.0577 e. The predicted molar refractivity (Wildman–Crippen MR) is 124 cm³/mol. The average Bonchev–Trinajstić information content (AvgIpc) is 3.04. The summed E-state index contributed by atoms with van der Waals surface area (Å²) in [6.45, 7) is 9.85. The second-order valence-electron chi connectivity index (χ2n) is 12.3. The summed E-state index contributed by atoms with van der Waals surface area (Å²) in [5.41, 5.74) is 2.30. The molecule has 1 nitrogen and oxygen atoms in total. The van der Waals surface area contributed by atoms with Gasteiger partial charge in [0.05, 0.1) is 6.10 Å². The van der Waals surface area contributed by atoms with Crippen molar-refractivity contribution in [3.05, 3.63) is 11.6 Å². The van der Waals surface area contributed by atoms with Crippen molar-refractivity contribution in [2.75, 3.05) is 0 Å². The van der Waals surface area contributed by atoms with Crippen LogP contribution in [0.2, 0.25) is 0 Å². The molecule has 166 valence electrons. The van der Waals surface area contributed by atoms with Gasteiger partial charge in [0.2, 0.25) is 0 Å². The molecule has 3 saturated carbocycles. The minimum absolute atomic E-state index is 0.124. The third kappa shape index (κ3) is 3.66. The topological polar surface area (TPSA) is 20.2 Å². The van der Waals surface area contributed by atoms with Crippen LogP contribution in [0.3, 0.4) is 0 Å². The lowest BCUT2D eigenvalue weighted by Crippen LogP contribution is -2.50. The van der Waals surface area contributed by atoms with Gasteiger partial charge in [-0.1, -0.05) is 66.0 Å². The summed E-state index contributed by atoms with van der Waals surface area (Å²) >= 11 is 0. The molecule has 4 rings (SSSR count). The van der Waals surface area contributed by atoms with Gasteiger partial charge in [-0.3, -0.25) is 0 Å². The molecule has 0 heterocycles. The third-order valence-electron chi connectivity index (χ3n) is 10.6. The van der Waals surface area contributed by atoms with Crippen LogP contribution >= 0.6 is 0 Å². The Morgan fingerprint density at radius 3 is 2.59 bits per heavy atom.